The second kappa shape index (κ2) is 4.39. The number of carbonyl (C=O) groups is 1. The van der Waals surface area contributed by atoms with Crippen molar-refractivity contribution in [2.24, 2.45) is 11.7 Å². The number of nitrogens with one attached hydrogen (secondary N) is 1. The van der Waals surface area contributed by atoms with Gasteiger partial charge < -0.3 is 15.8 Å². The van der Waals surface area contributed by atoms with E-state index in [0.717, 1.165) is 0 Å². The minimum atomic E-state index is -0.206. The predicted molar refractivity (Wildman–Crippen MR) is 50.1 cm³/mol. The highest BCUT2D eigenvalue weighted by Crippen LogP contribution is 2.11. The van der Waals surface area contributed by atoms with Crippen LogP contribution in [0.4, 0.5) is 0 Å². The van der Waals surface area contributed by atoms with Crippen molar-refractivity contribution in [3.8, 4) is 0 Å². The summed E-state index contributed by atoms with van der Waals surface area (Å²) in [5.74, 6) is -0.250. The van der Waals surface area contributed by atoms with Gasteiger partial charge in [-0.3, -0.25) is 4.79 Å². The molecule has 1 amide bonds. The van der Waals surface area contributed by atoms with Gasteiger partial charge in [0.2, 0.25) is 5.91 Å². The van der Waals surface area contributed by atoms with Crippen LogP contribution in [0.5, 0.6) is 0 Å². The molecule has 0 spiro atoms. The minimum absolute atomic E-state index is 0.0136. The Bertz CT molecular complexity index is 206. The molecule has 1 aliphatic heterocycles. The minimum Gasteiger partial charge on any atom is -0.379 e. The number of ether oxygens (including phenoxy) is 1. The Labute approximate surface area is 78.1 Å². The molecule has 4 heteroatoms. The van der Waals surface area contributed by atoms with Crippen LogP contribution >= 0.6 is 0 Å². The largest absolute Gasteiger partial charge is 0.379 e. The van der Waals surface area contributed by atoms with Gasteiger partial charge in [-0.15, -0.1) is 6.58 Å². The topological polar surface area (TPSA) is 64.3 Å². The van der Waals surface area contributed by atoms with E-state index in [0.29, 0.717) is 13.2 Å². The smallest absolute Gasteiger partial charge is 0.227 e. The Kier molecular flexibility index (Phi) is 3.45. The molecule has 1 aliphatic rings. The Hall–Kier alpha value is -0.870. The van der Waals surface area contributed by atoms with E-state index in [2.05, 4.69) is 11.9 Å². The van der Waals surface area contributed by atoms with E-state index in [9.17, 15) is 4.79 Å². The lowest BCUT2D eigenvalue weighted by atomic mass is 10.0. The number of rotatable bonds is 3. The standard InChI is InChI=1S/C9H16N2O2/c1-3-6(2)11-9(12)7-4-13-5-8(7)10/h3,6-8H,1,4-5,10H2,2H3,(H,11,12). The van der Waals surface area contributed by atoms with E-state index in [1.54, 1.807) is 6.08 Å². The van der Waals surface area contributed by atoms with Gasteiger partial charge in [0.05, 0.1) is 19.1 Å². The first-order chi connectivity index (χ1) is 6.15. The van der Waals surface area contributed by atoms with E-state index in [1.807, 2.05) is 6.92 Å². The molecule has 0 aromatic heterocycles. The average Bonchev–Trinajstić information content (AvgIpc) is 2.51. The highest BCUT2D eigenvalue weighted by atomic mass is 16.5. The summed E-state index contributed by atoms with van der Waals surface area (Å²) in [7, 11) is 0. The van der Waals surface area contributed by atoms with Crippen molar-refractivity contribution in [3.05, 3.63) is 12.7 Å². The van der Waals surface area contributed by atoms with Crippen LogP contribution < -0.4 is 11.1 Å². The third kappa shape index (κ3) is 2.54. The summed E-state index contributed by atoms with van der Waals surface area (Å²) < 4.78 is 5.09. The molecule has 0 saturated carbocycles. The van der Waals surface area contributed by atoms with Crippen LogP contribution in [0.2, 0.25) is 0 Å². The molecule has 0 bridgehead atoms. The van der Waals surface area contributed by atoms with Gasteiger partial charge in [0.15, 0.2) is 0 Å². The second-order valence-corrected chi connectivity index (χ2v) is 3.34. The summed E-state index contributed by atoms with van der Waals surface area (Å²) in [5.41, 5.74) is 5.69. The maximum Gasteiger partial charge on any atom is 0.227 e. The normalized spacial score (nSPS) is 29.7. The van der Waals surface area contributed by atoms with Crippen LogP contribution in [0.15, 0.2) is 12.7 Å². The molecule has 1 fully saturated rings. The van der Waals surface area contributed by atoms with Gasteiger partial charge in [-0.25, -0.2) is 0 Å². The van der Waals surface area contributed by atoms with Crippen LogP contribution in [0.3, 0.4) is 0 Å². The third-order valence-electron chi connectivity index (χ3n) is 2.18. The lowest BCUT2D eigenvalue weighted by Crippen LogP contribution is -2.43. The summed E-state index contributed by atoms with van der Waals surface area (Å²) >= 11 is 0. The van der Waals surface area contributed by atoms with Crippen LogP contribution in [0, 0.1) is 5.92 Å². The zero-order valence-electron chi connectivity index (χ0n) is 7.82. The van der Waals surface area contributed by atoms with Crippen molar-refractivity contribution in [1.82, 2.24) is 5.32 Å². The van der Waals surface area contributed by atoms with Gasteiger partial charge in [0.1, 0.15) is 0 Å². The Morgan fingerprint density at radius 3 is 2.92 bits per heavy atom. The summed E-state index contributed by atoms with van der Waals surface area (Å²) in [6, 6.07) is -0.183. The molecule has 3 unspecified atom stereocenters. The van der Waals surface area contributed by atoms with Crippen molar-refractivity contribution < 1.29 is 9.53 Å². The van der Waals surface area contributed by atoms with E-state index in [-0.39, 0.29) is 23.9 Å². The molecule has 4 nitrogen and oxygen atoms in total. The lowest BCUT2D eigenvalue weighted by molar-refractivity contribution is -0.125. The predicted octanol–water partition coefficient (Wildman–Crippen LogP) is -0.349. The molecule has 0 aliphatic carbocycles. The van der Waals surface area contributed by atoms with Gasteiger partial charge >= 0.3 is 0 Å². The van der Waals surface area contributed by atoms with Crippen LogP contribution in [0.25, 0.3) is 0 Å². The highest BCUT2D eigenvalue weighted by molar-refractivity contribution is 5.80. The highest BCUT2D eigenvalue weighted by Gasteiger charge is 2.31. The maximum atomic E-state index is 11.5. The van der Waals surface area contributed by atoms with Gasteiger partial charge in [-0.1, -0.05) is 6.08 Å². The van der Waals surface area contributed by atoms with Crippen molar-refractivity contribution in [2.75, 3.05) is 13.2 Å². The molecular weight excluding hydrogens is 168 g/mol. The van der Waals surface area contributed by atoms with Crippen molar-refractivity contribution >= 4 is 5.91 Å². The van der Waals surface area contributed by atoms with E-state index >= 15 is 0 Å². The molecule has 1 saturated heterocycles. The molecule has 0 aromatic rings. The fourth-order valence-corrected chi connectivity index (χ4v) is 1.23. The van der Waals surface area contributed by atoms with Gasteiger partial charge in [-0.2, -0.15) is 0 Å². The molecule has 13 heavy (non-hydrogen) atoms. The number of amides is 1. The van der Waals surface area contributed by atoms with Crippen molar-refractivity contribution in [2.45, 2.75) is 19.0 Å². The Balaban J connectivity index is 2.42. The summed E-state index contributed by atoms with van der Waals surface area (Å²) in [6.45, 7) is 6.35. The van der Waals surface area contributed by atoms with Crippen molar-refractivity contribution in [3.63, 3.8) is 0 Å². The van der Waals surface area contributed by atoms with Crippen LogP contribution in [-0.2, 0) is 9.53 Å². The van der Waals surface area contributed by atoms with Crippen LogP contribution in [0.1, 0.15) is 6.92 Å². The first kappa shape index (κ1) is 10.2. The molecule has 1 heterocycles. The molecule has 1 rings (SSSR count). The lowest BCUT2D eigenvalue weighted by Gasteiger charge is -2.15. The summed E-state index contributed by atoms with van der Waals surface area (Å²) in [4.78, 5) is 11.5. The number of nitrogens with two attached hydrogens (primary N) is 1. The molecule has 0 aromatic carbocycles. The first-order valence-corrected chi connectivity index (χ1v) is 4.41. The quantitative estimate of drug-likeness (QED) is 0.589. The second-order valence-electron chi connectivity index (χ2n) is 3.34. The molecule has 3 N–H and O–H groups in total. The molecule has 3 atom stereocenters. The molecule has 0 radical (unpaired) electrons. The van der Waals surface area contributed by atoms with Crippen LogP contribution in [-0.4, -0.2) is 31.2 Å². The van der Waals surface area contributed by atoms with Gasteiger partial charge in [0, 0.05) is 12.1 Å². The van der Waals surface area contributed by atoms with E-state index in [1.165, 1.54) is 0 Å². The monoisotopic (exact) mass is 184 g/mol. The van der Waals surface area contributed by atoms with Gasteiger partial charge in [-0.05, 0) is 6.92 Å². The zero-order valence-corrected chi connectivity index (χ0v) is 7.82. The van der Waals surface area contributed by atoms with Crippen molar-refractivity contribution in [1.29, 1.82) is 0 Å². The number of hydrogen-bond donors (Lipinski definition) is 2. The average molecular weight is 184 g/mol. The Morgan fingerprint density at radius 1 is 1.77 bits per heavy atom. The number of carbonyl (C=O) groups excluding carboxylic acids is 1. The Morgan fingerprint density at radius 2 is 2.46 bits per heavy atom. The fourth-order valence-electron chi connectivity index (χ4n) is 1.23. The number of hydrogen-bond acceptors (Lipinski definition) is 3. The fraction of sp³-hybridized carbons (Fsp3) is 0.667. The van der Waals surface area contributed by atoms with Gasteiger partial charge in [0.25, 0.3) is 0 Å². The zero-order chi connectivity index (χ0) is 9.84. The maximum absolute atomic E-state index is 11.5. The SMILES string of the molecule is C=CC(C)NC(=O)C1COCC1N. The molecule has 74 valence electrons. The molecular formula is C9H16N2O2. The first-order valence-electron chi connectivity index (χ1n) is 4.41. The van der Waals surface area contributed by atoms with E-state index < -0.39 is 0 Å². The third-order valence-corrected chi connectivity index (χ3v) is 2.18. The summed E-state index contributed by atoms with van der Waals surface area (Å²) in [6.07, 6.45) is 1.68. The van der Waals surface area contributed by atoms with E-state index in [4.69, 9.17) is 10.5 Å². The summed E-state index contributed by atoms with van der Waals surface area (Å²) in [5, 5.41) is 2.78.